The lowest BCUT2D eigenvalue weighted by Crippen LogP contribution is -2.34. The van der Waals surface area contributed by atoms with Gasteiger partial charge in [-0.2, -0.15) is 5.10 Å². The third-order valence-electron chi connectivity index (χ3n) is 6.30. The van der Waals surface area contributed by atoms with E-state index in [1.807, 2.05) is 41.1 Å². The van der Waals surface area contributed by atoms with Crippen LogP contribution >= 0.6 is 34.2 Å². The number of carboxylic acids is 1. The summed E-state index contributed by atoms with van der Waals surface area (Å²) in [6, 6.07) is 15.2. The van der Waals surface area contributed by atoms with E-state index in [-0.39, 0.29) is 31.0 Å². The predicted octanol–water partition coefficient (Wildman–Crippen LogP) is 4.66. The highest BCUT2D eigenvalue weighted by atomic mass is 127. The molecule has 1 aliphatic heterocycles. The molecule has 3 N–H and O–H groups in total. The molecule has 2 aromatic carbocycles. The first-order valence-corrected chi connectivity index (χ1v) is 13.6. The fraction of sp³-hybridized carbons (Fsp3) is 0.214. The summed E-state index contributed by atoms with van der Waals surface area (Å²) in [5.74, 6) is -0.482. The molecule has 0 spiro atoms. The number of aliphatic imine (C=N–C) groups is 1. The Morgan fingerprint density at radius 2 is 1.97 bits per heavy atom. The van der Waals surface area contributed by atoms with E-state index in [0.29, 0.717) is 17.1 Å². The van der Waals surface area contributed by atoms with Crippen LogP contribution in [0.1, 0.15) is 35.0 Å². The average molecular weight is 642 g/mol. The summed E-state index contributed by atoms with van der Waals surface area (Å²) in [7, 11) is 0. The summed E-state index contributed by atoms with van der Waals surface area (Å²) >= 11 is 8.58. The van der Waals surface area contributed by atoms with Crippen molar-refractivity contribution < 1.29 is 14.7 Å². The first-order chi connectivity index (χ1) is 18.2. The van der Waals surface area contributed by atoms with Crippen LogP contribution in [-0.4, -0.2) is 51.2 Å². The van der Waals surface area contributed by atoms with Crippen LogP contribution in [0.5, 0.6) is 0 Å². The maximum atomic E-state index is 12.3. The van der Waals surface area contributed by atoms with Gasteiger partial charge in [-0.05, 0) is 71.5 Å². The lowest BCUT2D eigenvalue weighted by Gasteiger charge is -2.16. The number of aliphatic carboxylic acids is 1. The Morgan fingerprint density at radius 3 is 2.71 bits per heavy atom. The molecule has 10 heteroatoms. The van der Waals surface area contributed by atoms with Gasteiger partial charge < -0.3 is 15.7 Å². The van der Waals surface area contributed by atoms with Gasteiger partial charge in [-0.1, -0.05) is 47.5 Å². The predicted molar refractivity (Wildman–Crippen MR) is 156 cm³/mol. The zero-order valence-electron chi connectivity index (χ0n) is 20.5. The number of hydrogen-bond acceptors (Lipinski definition) is 5. The molecule has 2 aliphatic rings. The van der Waals surface area contributed by atoms with Gasteiger partial charge in [0.15, 0.2) is 0 Å². The van der Waals surface area contributed by atoms with Gasteiger partial charge in [0.1, 0.15) is 11.5 Å². The molecular weight excluding hydrogens is 617 g/mol. The van der Waals surface area contributed by atoms with Crippen LogP contribution in [-0.2, 0) is 11.3 Å². The Kier molecular flexibility index (Phi) is 7.66. The van der Waals surface area contributed by atoms with Crippen LogP contribution in [0.2, 0.25) is 5.02 Å². The number of rotatable bonds is 8. The summed E-state index contributed by atoms with van der Waals surface area (Å²) in [5, 5.41) is 20.5. The molecule has 2 heterocycles. The van der Waals surface area contributed by atoms with Crippen LogP contribution in [0, 0.1) is 3.57 Å². The van der Waals surface area contributed by atoms with E-state index in [2.05, 4.69) is 58.4 Å². The third kappa shape index (κ3) is 5.99. The Bertz CT molecular complexity index is 1470. The third-order valence-corrected chi connectivity index (χ3v) is 7.14. The quantitative estimate of drug-likeness (QED) is 0.310. The number of hydrogen-bond donors (Lipinski definition) is 3. The summed E-state index contributed by atoms with van der Waals surface area (Å²) in [6.45, 7) is 2.62. The Balaban J connectivity index is 1.42. The fourth-order valence-corrected chi connectivity index (χ4v) is 5.52. The normalized spacial score (nSPS) is 17.9. The Hall–Kier alpha value is -3.44. The Morgan fingerprint density at radius 1 is 1.18 bits per heavy atom. The van der Waals surface area contributed by atoms with Crippen LogP contribution in [0.15, 0.2) is 77.3 Å². The lowest BCUT2D eigenvalue weighted by molar-refractivity contribution is -0.136. The first-order valence-electron chi connectivity index (χ1n) is 12.1. The number of carboxylic acid groups (broad SMARTS) is 1. The molecule has 194 valence electrons. The maximum Gasteiger partial charge on any atom is 0.305 e. The molecule has 0 saturated carbocycles. The van der Waals surface area contributed by atoms with Crippen LogP contribution in [0.25, 0.3) is 11.3 Å². The van der Waals surface area contributed by atoms with E-state index in [0.717, 1.165) is 31.9 Å². The first kappa shape index (κ1) is 26.2. The molecule has 1 amide bonds. The summed E-state index contributed by atoms with van der Waals surface area (Å²) < 4.78 is 2.93. The van der Waals surface area contributed by atoms with E-state index in [1.54, 1.807) is 12.1 Å². The molecule has 5 rings (SSSR count). The van der Waals surface area contributed by atoms with Crippen molar-refractivity contribution >= 4 is 51.9 Å². The van der Waals surface area contributed by atoms with E-state index in [4.69, 9.17) is 26.8 Å². The SMILES string of the molecule is CC1=CC2NC(c3cc(-c4cc(Cl)cc(I)c4)nn3Cc3ccc(C(=O)NCCC(=O)O)cc3)=NC2C=C1. The number of halogens is 2. The van der Waals surface area contributed by atoms with Crippen molar-refractivity contribution in [2.75, 3.05) is 6.54 Å². The summed E-state index contributed by atoms with van der Waals surface area (Å²) in [5.41, 5.74) is 5.19. The zero-order valence-corrected chi connectivity index (χ0v) is 23.4. The lowest BCUT2D eigenvalue weighted by atomic mass is 10.0. The molecule has 38 heavy (non-hydrogen) atoms. The van der Waals surface area contributed by atoms with Gasteiger partial charge in [-0.15, -0.1) is 0 Å². The average Bonchev–Trinajstić information content (AvgIpc) is 3.47. The number of allylic oxidation sites excluding steroid dienone is 2. The second-order valence-corrected chi connectivity index (χ2v) is 10.9. The number of aromatic nitrogens is 2. The molecule has 0 fully saturated rings. The van der Waals surface area contributed by atoms with Crippen molar-refractivity contribution in [3.8, 4) is 11.3 Å². The number of nitrogens with zero attached hydrogens (tertiary/aromatic N) is 3. The van der Waals surface area contributed by atoms with Crippen molar-refractivity contribution in [3.05, 3.63) is 97.7 Å². The topological polar surface area (TPSA) is 109 Å². The minimum Gasteiger partial charge on any atom is -0.481 e. The van der Waals surface area contributed by atoms with Crippen LogP contribution < -0.4 is 10.6 Å². The molecule has 3 aromatic rings. The van der Waals surface area contributed by atoms with Gasteiger partial charge in [0.25, 0.3) is 5.91 Å². The molecule has 8 nitrogen and oxygen atoms in total. The number of nitrogens with one attached hydrogen (secondary N) is 2. The summed E-state index contributed by atoms with van der Waals surface area (Å²) in [6.07, 6.45) is 6.26. The molecular formula is C28H25ClIN5O3. The summed E-state index contributed by atoms with van der Waals surface area (Å²) in [4.78, 5) is 27.9. The van der Waals surface area contributed by atoms with E-state index in [9.17, 15) is 9.59 Å². The van der Waals surface area contributed by atoms with Crippen molar-refractivity contribution in [3.63, 3.8) is 0 Å². The van der Waals surface area contributed by atoms with Gasteiger partial charge in [0, 0.05) is 26.3 Å². The van der Waals surface area contributed by atoms with E-state index >= 15 is 0 Å². The van der Waals surface area contributed by atoms with Crippen molar-refractivity contribution in [1.82, 2.24) is 20.4 Å². The van der Waals surface area contributed by atoms with Crippen molar-refractivity contribution in [1.29, 1.82) is 0 Å². The van der Waals surface area contributed by atoms with Crippen LogP contribution in [0.3, 0.4) is 0 Å². The van der Waals surface area contributed by atoms with Gasteiger partial charge in [0.2, 0.25) is 0 Å². The standard InChI is InChI=1S/C28H25ClIN5O3/c1-16-2-7-22-24(10-16)33-27(32-22)25-14-23(19-11-20(29)13-21(30)12-19)34-35(25)15-17-3-5-18(6-4-17)28(38)31-9-8-26(36)37/h2-7,10-14,22,24H,8-9,15H2,1H3,(H,31,38)(H,32,33)(H,36,37). The largest absolute Gasteiger partial charge is 0.481 e. The van der Waals surface area contributed by atoms with Crippen molar-refractivity contribution in [2.45, 2.75) is 32.0 Å². The second kappa shape index (κ2) is 11.1. The maximum absolute atomic E-state index is 12.3. The molecule has 0 saturated heterocycles. The molecule has 1 aliphatic carbocycles. The highest BCUT2D eigenvalue weighted by Gasteiger charge is 2.29. The number of carbonyl (C=O) groups is 2. The minimum absolute atomic E-state index is 0.0338. The van der Waals surface area contributed by atoms with E-state index in [1.165, 1.54) is 5.57 Å². The molecule has 0 bridgehead atoms. The van der Waals surface area contributed by atoms with Gasteiger partial charge in [0.05, 0.1) is 30.7 Å². The molecule has 1 aromatic heterocycles. The van der Waals surface area contributed by atoms with Gasteiger partial charge in [-0.25, -0.2) is 0 Å². The number of amides is 1. The minimum atomic E-state index is -0.953. The van der Waals surface area contributed by atoms with Crippen molar-refractivity contribution in [2.24, 2.45) is 4.99 Å². The van der Waals surface area contributed by atoms with Gasteiger partial charge in [-0.3, -0.25) is 19.3 Å². The highest BCUT2D eigenvalue weighted by molar-refractivity contribution is 14.1. The smallest absolute Gasteiger partial charge is 0.305 e. The molecule has 2 atom stereocenters. The van der Waals surface area contributed by atoms with E-state index < -0.39 is 5.97 Å². The number of amidine groups is 1. The number of fused-ring (bicyclic) bond motifs is 1. The second-order valence-electron chi connectivity index (χ2n) is 9.24. The molecule has 0 radical (unpaired) electrons. The number of carbonyl (C=O) groups excluding carboxylic acids is 1. The Labute approximate surface area is 238 Å². The highest BCUT2D eigenvalue weighted by Crippen LogP contribution is 2.28. The van der Waals surface area contributed by atoms with Crippen LogP contribution in [0.4, 0.5) is 0 Å². The number of benzene rings is 2. The molecule has 2 unspecified atom stereocenters. The fourth-order valence-electron chi connectivity index (χ4n) is 4.43. The van der Waals surface area contributed by atoms with Gasteiger partial charge >= 0.3 is 5.97 Å². The zero-order chi connectivity index (χ0) is 26.8. The monoisotopic (exact) mass is 641 g/mol.